The van der Waals surface area contributed by atoms with Gasteiger partial charge in [0.25, 0.3) is 0 Å². The molecule has 1 rings (SSSR count). The van der Waals surface area contributed by atoms with Gasteiger partial charge in [-0.2, -0.15) is 0 Å². The first kappa shape index (κ1) is 4.59. The highest BCUT2D eigenvalue weighted by Crippen LogP contribution is 2.00. The molecule has 0 spiro atoms. The van der Waals surface area contributed by atoms with E-state index in [1.165, 1.54) is 0 Å². The fourth-order valence-electron chi connectivity index (χ4n) is 0.438. The van der Waals surface area contributed by atoms with Crippen LogP contribution in [0.25, 0.3) is 0 Å². The molecule has 40 valence electrons. The van der Waals surface area contributed by atoms with Crippen LogP contribution in [-0.2, 0) is 4.79 Å². The van der Waals surface area contributed by atoms with E-state index in [2.05, 4.69) is 5.32 Å². The summed E-state index contributed by atoms with van der Waals surface area (Å²) in [6.07, 6.45) is 0.278. The number of carbonyl (C=O) groups is 1. The van der Waals surface area contributed by atoms with Gasteiger partial charge in [0.2, 0.25) is 0 Å². The van der Waals surface area contributed by atoms with Gasteiger partial charge in [-0.15, -0.1) is 0 Å². The van der Waals surface area contributed by atoms with Crippen LogP contribution in [0.2, 0.25) is 0 Å². The Kier molecular flexibility index (Phi) is 0.982. The van der Waals surface area contributed by atoms with E-state index in [1.54, 1.807) is 0 Å². The first-order valence-corrected chi connectivity index (χ1v) is 2.24. The summed E-state index contributed by atoms with van der Waals surface area (Å²) in [5.41, 5.74) is 0. The molecule has 0 amide bonds. The van der Waals surface area contributed by atoms with Crippen LogP contribution >= 0.6 is 0 Å². The maximum Gasteiger partial charge on any atom is 0.304 e. The molecule has 0 aromatic rings. The van der Waals surface area contributed by atoms with Crippen molar-refractivity contribution < 1.29 is 9.90 Å². The molecule has 1 saturated heterocycles. The van der Waals surface area contributed by atoms with Gasteiger partial charge in [0.05, 0.1) is 6.42 Å². The molecule has 1 unspecified atom stereocenters. The lowest BCUT2D eigenvalue weighted by Gasteiger charge is -1.81. The summed E-state index contributed by atoms with van der Waals surface area (Å²) in [6.45, 7) is 0.881. The van der Waals surface area contributed by atoms with Crippen LogP contribution in [-0.4, -0.2) is 23.7 Å². The highest BCUT2D eigenvalue weighted by atomic mass is 16.4. The summed E-state index contributed by atoms with van der Waals surface area (Å²) in [5.74, 6) is -0.713. The summed E-state index contributed by atoms with van der Waals surface area (Å²) < 4.78 is 0. The molecular formula is C4H7NO2. The monoisotopic (exact) mass is 101 g/mol. The zero-order valence-electron chi connectivity index (χ0n) is 3.85. The van der Waals surface area contributed by atoms with Crippen molar-refractivity contribution in [3.63, 3.8) is 0 Å². The molecule has 0 aliphatic carbocycles. The minimum atomic E-state index is -0.713. The van der Waals surface area contributed by atoms with Crippen molar-refractivity contribution in [3.05, 3.63) is 0 Å². The minimum absolute atomic E-state index is 0.275. The predicted molar refractivity (Wildman–Crippen MR) is 24.0 cm³/mol. The predicted octanol–water partition coefficient (Wildman–Crippen LogP) is -0.567. The van der Waals surface area contributed by atoms with E-state index in [-0.39, 0.29) is 12.5 Å². The smallest absolute Gasteiger partial charge is 0.304 e. The van der Waals surface area contributed by atoms with E-state index in [0.29, 0.717) is 0 Å². The number of carboxylic acids is 1. The lowest BCUT2D eigenvalue weighted by molar-refractivity contribution is -0.136. The highest BCUT2D eigenvalue weighted by molar-refractivity contribution is 5.68. The van der Waals surface area contributed by atoms with Gasteiger partial charge >= 0.3 is 5.97 Å². The molecule has 1 aliphatic rings. The molecule has 3 nitrogen and oxygen atoms in total. The summed E-state index contributed by atoms with van der Waals surface area (Å²) in [4.78, 5) is 9.81. The summed E-state index contributed by atoms with van der Waals surface area (Å²) in [6, 6.07) is 0.275. The Balaban J connectivity index is 2.08. The zero-order chi connectivity index (χ0) is 5.28. The number of rotatable bonds is 2. The largest absolute Gasteiger partial charge is 0.481 e. The van der Waals surface area contributed by atoms with Crippen molar-refractivity contribution in [2.45, 2.75) is 12.5 Å². The lowest BCUT2D eigenvalue weighted by atomic mass is 10.3. The van der Waals surface area contributed by atoms with Crippen LogP contribution in [0.3, 0.4) is 0 Å². The molecule has 0 bridgehead atoms. The van der Waals surface area contributed by atoms with E-state index < -0.39 is 5.97 Å². The third kappa shape index (κ3) is 1.55. The van der Waals surface area contributed by atoms with Crippen molar-refractivity contribution in [1.82, 2.24) is 5.32 Å². The second-order valence-electron chi connectivity index (χ2n) is 1.70. The Bertz CT molecular complexity index is 87.7. The zero-order valence-corrected chi connectivity index (χ0v) is 3.85. The van der Waals surface area contributed by atoms with Gasteiger partial charge in [-0.3, -0.25) is 4.79 Å². The van der Waals surface area contributed by atoms with E-state index in [9.17, 15) is 4.79 Å². The molecular weight excluding hydrogens is 94.0 g/mol. The SMILES string of the molecule is O=C(O)CC1CN1. The van der Waals surface area contributed by atoms with Gasteiger partial charge in [0, 0.05) is 12.6 Å². The summed E-state index contributed by atoms with van der Waals surface area (Å²) in [7, 11) is 0. The maximum absolute atomic E-state index is 9.81. The highest BCUT2D eigenvalue weighted by Gasteiger charge is 2.22. The molecule has 2 N–H and O–H groups in total. The van der Waals surface area contributed by atoms with Crippen molar-refractivity contribution in [1.29, 1.82) is 0 Å². The second-order valence-corrected chi connectivity index (χ2v) is 1.70. The van der Waals surface area contributed by atoms with Gasteiger partial charge in [0.15, 0.2) is 0 Å². The summed E-state index contributed by atoms with van der Waals surface area (Å²) >= 11 is 0. The fourth-order valence-corrected chi connectivity index (χ4v) is 0.438. The molecule has 1 fully saturated rings. The molecule has 0 saturated carbocycles. The Hall–Kier alpha value is -0.570. The van der Waals surface area contributed by atoms with Gasteiger partial charge < -0.3 is 10.4 Å². The van der Waals surface area contributed by atoms with Gasteiger partial charge in [-0.25, -0.2) is 0 Å². The van der Waals surface area contributed by atoms with Crippen molar-refractivity contribution in [2.24, 2.45) is 0 Å². The van der Waals surface area contributed by atoms with Crippen molar-refractivity contribution in [3.8, 4) is 0 Å². The Morgan fingerprint density at radius 1 is 2.00 bits per heavy atom. The topological polar surface area (TPSA) is 59.2 Å². The third-order valence-electron chi connectivity index (χ3n) is 0.914. The first-order chi connectivity index (χ1) is 3.29. The van der Waals surface area contributed by atoms with Crippen LogP contribution in [0.15, 0.2) is 0 Å². The quantitative estimate of drug-likeness (QED) is 0.458. The van der Waals surface area contributed by atoms with Crippen molar-refractivity contribution >= 4 is 5.97 Å². The summed E-state index contributed by atoms with van der Waals surface area (Å²) in [5, 5.41) is 11.0. The van der Waals surface area contributed by atoms with E-state index in [1.807, 2.05) is 0 Å². The molecule has 3 heteroatoms. The normalized spacial score (nSPS) is 27.1. The van der Waals surface area contributed by atoms with Gasteiger partial charge in [-0.05, 0) is 0 Å². The minimum Gasteiger partial charge on any atom is -0.481 e. The van der Waals surface area contributed by atoms with Gasteiger partial charge in [-0.1, -0.05) is 0 Å². The Morgan fingerprint density at radius 3 is 2.71 bits per heavy atom. The number of hydrogen-bond donors (Lipinski definition) is 2. The third-order valence-corrected chi connectivity index (χ3v) is 0.914. The van der Waals surface area contributed by atoms with Crippen LogP contribution in [0.1, 0.15) is 6.42 Å². The van der Waals surface area contributed by atoms with Gasteiger partial charge in [0.1, 0.15) is 0 Å². The fraction of sp³-hybridized carbons (Fsp3) is 0.750. The number of carboxylic acid groups (broad SMARTS) is 1. The molecule has 1 heterocycles. The lowest BCUT2D eigenvalue weighted by Crippen LogP contribution is -2.01. The molecule has 0 radical (unpaired) electrons. The van der Waals surface area contributed by atoms with Crippen LogP contribution in [0.5, 0.6) is 0 Å². The number of aliphatic carboxylic acids is 1. The molecule has 0 aromatic carbocycles. The molecule has 1 atom stereocenters. The van der Waals surface area contributed by atoms with E-state index in [0.717, 1.165) is 6.54 Å². The molecule has 0 aromatic heterocycles. The second kappa shape index (κ2) is 1.50. The molecule has 1 aliphatic heterocycles. The van der Waals surface area contributed by atoms with Crippen LogP contribution in [0.4, 0.5) is 0 Å². The standard InChI is InChI=1S/C4H7NO2/c6-4(7)1-3-2-5-3/h3,5H,1-2H2,(H,6,7). The Morgan fingerprint density at radius 2 is 2.57 bits per heavy atom. The average molecular weight is 101 g/mol. The van der Waals surface area contributed by atoms with Crippen LogP contribution in [0, 0.1) is 0 Å². The van der Waals surface area contributed by atoms with E-state index >= 15 is 0 Å². The number of nitrogens with one attached hydrogen (secondary N) is 1. The van der Waals surface area contributed by atoms with Crippen LogP contribution < -0.4 is 5.32 Å². The molecule has 7 heavy (non-hydrogen) atoms. The number of hydrogen-bond acceptors (Lipinski definition) is 2. The van der Waals surface area contributed by atoms with E-state index in [4.69, 9.17) is 5.11 Å². The Labute approximate surface area is 41.3 Å². The first-order valence-electron chi connectivity index (χ1n) is 2.24. The maximum atomic E-state index is 9.81. The van der Waals surface area contributed by atoms with Crippen molar-refractivity contribution in [2.75, 3.05) is 6.54 Å². The average Bonchev–Trinajstić information content (AvgIpc) is 2.17.